The van der Waals surface area contributed by atoms with E-state index in [0.29, 0.717) is 23.1 Å². The topological polar surface area (TPSA) is 73.6 Å². The SMILES string of the molecule is CCOc1ccc(-c2coc3cc(OC)c(/C(C)=C/C(=O)Nc4nc5c(C)cccc5s4)cc23)cc1. The van der Waals surface area contributed by atoms with Crippen LogP contribution in [0.1, 0.15) is 25.0 Å². The van der Waals surface area contributed by atoms with E-state index in [1.807, 2.05) is 75.4 Å². The highest BCUT2D eigenvalue weighted by atomic mass is 32.1. The van der Waals surface area contributed by atoms with Gasteiger partial charge in [-0.2, -0.15) is 0 Å². The Labute approximate surface area is 213 Å². The lowest BCUT2D eigenvalue weighted by Gasteiger charge is -2.10. The number of thiazole rings is 1. The van der Waals surface area contributed by atoms with E-state index in [9.17, 15) is 4.79 Å². The molecule has 1 amide bonds. The quantitative estimate of drug-likeness (QED) is 0.236. The van der Waals surface area contributed by atoms with Gasteiger partial charge in [-0.3, -0.25) is 10.1 Å². The van der Waals surface area contributed by atoms with Gasteiger partial charge < -0.3 is 13.9 Å². The van der Waals surface area contributed by atoms with Crippen molar-refractivity contribution in [1.29, 1.82) is 0 Å². The monoisotopic (exact) mass is 498 g/mol. The first kappa shape index (κ1) is 23.6. The summed E-state index contributed by atoms with van der Waals surface area (Å²) in [6, 6.07) is 17.8. The maximum absolute atomic E-state index is 12.9. The number of allylic oxidation sites excluding steroid dienone is 1. The Morgan fingerprint density at radius 3 is 2.69 bits per heavy atom. The molecule has 0 saturated heterocycles. The number of methoxy groups -OCH3 is 1. The number of nitrogens with one attached hydrogen (secondary N) is 1. The van der Waals surface area contributed by atoms with Gasteiger partial charge in [0.2, 0.25) is 5.91 Å². The second-order valence-electron chi connectivity index (χ2n) is 8.41. The van der Waals surface area contributed by atoms with Crippen LogP contribution in [0, 0.1) is 6.92 Å². The molecule has 0 radical (unpaired) electrons. The molecule has 182 valence electrons. The second-order valence-corrected chi connectivity index (χ2v) is 9.44. The number of rotatable bonds is 7. The second kappa shape index (κ2) is 9.87. The lowest BCUT2D eigenvalue weighted by Crippen LogP contribution is -2.08. The van der Waals surface area contributed by atoms with Crippen LogP contribution < -0.4 is 14.8 Å². The molecule has 0 aliphatic carbocycles. The highest BCUT2D eigenvalue weighted by molar-refractivity contribution is 7.22. The summed E-state index contributed by atoms with van der Waals surface area (Å²) in [5, 5.41) is 4.41. The number of furan rings is 1. The zero-order valence-corrected chi connectivity index (χ0v) is 21.4. The number of carbonyl (C=O) groups excluding carboxylic acids is 1. The highest BCUT2D eigenvalue weighted by Gasteiger charge is 2.16. The van der Waals surface area contributed by atoms with Gasteiger partial charge in [-0.15, -0.1) is 0 Å². The molecule has 5 aromatic rings. The lowest BCUT2D eigenvalue weighted by atomic mass is 9.99. The Bertz CT molecular complexity index is 1600. The number of carbonyl (C=O) groups is 1. The zero-order valence-electron chi connectivity index (χ0n) is 20.5. The molecular formula is C29H26N2O4S. The number of hydrogen-bond donors (Lipinski definition) is 1. The number of hydrogen-bond acceptors (Lipinski definition) is 6. The maximum Gasteiger partial charge on any atom is 0.250 e. The van der Waals surface area contributed by atoms with Crippen molar-refractivity contribution >= 4 is 49.1 Å². The molecule has 0 spiro atoms. The van der Waals surface area contributed by atoms with E-state index in [2.05, 4.69) is 10.3 Å². The number of nitrogens with zero attached hydrogens (tertiary/aromatic N) is 1. The summed E-state index contributed by atoms with van der Waals surface area (Å²) < 4.78 is 18.1. The fraction of sp³-hybridized carbons (Fsp3) is 0.172. The van der Waals surface area contributed by atoms with Gasteiger partial charge >= 0.3 is 0 Å². The van der Waals surface area contributed by atoms with E-state index >= 15 is 0 Å². The van der Waals surface area contributed by atoms with Gasteiger partial charge in [0.05, 0.1) is 30.2 Å². The fourth-order valence-electron chi connectivity index (χ4n) is 4.21. The van der Waals surface area contributed by atoms with Crippen LogP contribution in [0.25, 0.3) is 37.9 Å². The van der Waals surface area contributed by atoms with Crippen molar-refractivity contribution < 1.29 is 18.7 Å². The fourth-order valence-corrected chi connectivity index (χ4v) is 5.16. The van der Waals surface area contributed by atoms with Gasteiger partial charge in [0.15, 0.2) is 5.13 Å². The van der Waals surface area contributed by atoms with Crippen molar-refractivity contribution in [2.24, 2.45) is 0 Å². The van der Waals surface area contributed by atoms with Crippen molar-refractivity contribution in [1.82, 2.24) is 4.98 Å². The Kier molecular flexibility index (Phi) is 6.48. The largest absolute Gasteiger partial charge is 0.496 e. The van der Waals surface area contributed by atoms with Gasteiger partial charge in [0.1, 0.15) is 17.1 Å². The van der Waals surface area contributed by atoms with Gasteiger partial charge in [-0.1, -0.05) is 35.6 Å². The normalized spacial score (nSPS) is 11.7. The summed E-state index contributed by atoms with van der Waals surface area (Å²) >= 11 is 1.46. The highest BCUT2D eigenvalue weighted by Crippen LogP contribution is 2.38. The van der Waals surface area contributed by atoms with Crippen LogP contribution in [0.3, 0.4) is 0 Å². The van der Waals surface area contributed by atoms with Crippen molar-refractivity contribution in [3.63, 3.8) is 0 Å². The lowest BCUT2D eigenvalue weighted by molar-refractivity contribution is -0.111. The van der Waals surface area contributed by atoms with E-state index in [0.717, 1.165) is 49.2 Å². The van der Waals surface area contributed by atoms with E-state index in [1.54, 1.807) is 19.4 Å². The zero-order chi connectivity index (χ0) is 25.2. The standard InChI is InChI=1S/C29H26N2O4S/c1-5-34-20-11-9-19(10-12-20)23-16-35-25-15-24(33-4)21(14-22(23)25)18(3)13-27(32)30-29-31-28-17(2)7-6-8-26(28)36-29/h6-16H,5H2,1-4H3,(H,30,31,32)/b18-13+. The molecule has 0 fully saturated rings. The molecule has 0 atom stereocenters. The predicted molar refractivity (Wildman–Crippen MR) is 146 cm³/mol. The van der Waals surface area contributed by atoms with E-state index < -0.39 is 0 Å². The number of aromatic nitrogens is 1. The minimum Gasteiger partial charge on any atom is -0.496 e. The number of para-hydroxylation sites is 1. The molecule has 36 heavy (non-hydrogen) atoms. The van der Waals surface area contributed by atoms with Gasteiger partial charge in [-0.05, 0) is 61.7 Å². The molecule has 0 aliphatic rings. The van der Waals surface area contributed by atoms with Crippen LogP contribution in [0.2, 0.25) is 0 Å². The first-order chi connectivity index (χ1) is 17.5. The van der Waals surface area contributed by atoms with E-state index in [1.165, 1.54) is 11.3 Å². The van der Waals surface area contributed by atoms with E-state index in [4.69, 9.17) is 13.9 Å². The predicted octanol–water partition coefficient (Wildman–Crippen LogP) is 7.47. The third-order valence-corrected chi connectivity index (χ3v) is 6.93. The Morgan fingerprint density at radius 1 is 1.17 bits per heavy atom. The Morgan fingerprint density at radius 2 is 1.97 bits per heavy atom. The van der Waals surface area contributed by atoms with Crippen LogP contribution in [-0.4, -0.2) is 24.6 Å². The van der Waals surface area contributed by atoms with Crippen molar-refractivity contribution in [3.8, 4) is 22.6 Å². The number of aryl methyl sites for hydroxylation is 1. The third kappa shape index (κ3) is 4.57. The minimum atomic E-state index is -0.245. The van der Waals surface area contributed by atoms with E-state index in [-0.39, 0.29) is 5.91 Å². The first-order valence-electron chi connectivity index (χ1n) is 11.6. The van der Waals surface area contributed by atoms with Crippen LogP contribution >= 0.6 is 11.3 Å². The molecule has 0 aliphatic heterocycles. The number of ether oxygens (including phenoxy) is 2. The molecular weight excluding hydrogens is 472 g/mol. The first-order valence-corrected chi connectivity index (χ1v) is 12.5. The maximum atomic E-state index is 12.9. The third-order valence-electron chi connectivity index (χ3n) is 6.00. The molecule has 2 aromatic heterocycles. The minimum absolute atomic E-state index is 0.245. The molecule has 0 bridgehead atoms. The molecule has 1 N–H and O–H groups in total. The summed E-state index contributed by atoms with van der Waals surface area (Å²) in [5.74, 6) is 1.21. The number of amides is 1. The Hall–Kier alpha value is -4.10. The average molecular weight is 499 g/mol. The van der Waals surface area contributed by atoms with Crippen LogP contribution in [0.5, 0.6) is 11.5 Å². The average Bonchev–Trinajstić information content (AvgIpc) is 3.48. The summed E-state index contributed by atoms with van der Waals surface area (Å²) in [7, 11) is 1.61. The van der Waals surface area contributed by atoms with Crippen LogP contribution in [0.4, 0.5) is 5.13 Å². The van der Waals surface area contributed by atoms with Gasteiger partial charge in [0.25, 0.3) is 0 Å². The molecule has 3 aromatic carbocycles. The van der Waals surface area contributed by atoms with Gasteiger partial charge in [-0.25, -0.2) is 4.98 Å². The van der Waals surface area contributed by atoms with Crippen LogP contribution in [0.15, 0.2) is 71.4 Å². The summed E-state index contributed by atoms with van der Waals surface area (Å²) in [6.07, 6.45) is 3.31. The molecule has 0 unspecified atom stereocenters. The van der Waals surface area contributed by atoms with Crippen molar-refractivity contribution in [2.45, 2.75) is 20.8 Å². The summed E-state index contributed by atoms with van der Waals surface area (Å²) in [6.45, 7) is 6.48. The number of benzene rings is 3. The number of anilines is 1. The van der Waals surface area contributed by atoms with Gasteiger partial charge in [0, 0.05) is 28.7 Å². The molecule has 7 heteroatoms. The summed E-state index contributed by atoms with van der Waals surface area (Å²) in [4.78, 5) is 17.4. The molecule has 6 nitrogen and oxygen atoms in total. The molecule has 0 saturated carbocycles. The smallest absolute Gasteiger partial charge is 0.250 e. The number of fused-ring (bicyclic) bond motifs is 2. The molecule has 5 rings (SSSR count). The van der Waals surface area contributed by atoms with Crippen molar-refractivity contribution in [3.05, 3.63) is 78.1 Å². The Balaban J connectivity index is 1.46. The van der Waals surface area contributed by atoms with Crippen molar-refractivity contribution in [2.75, 3.05) is 19.0 Å². The molecule has 2 heterocycles. The van der Waals surface area contributed by atoms with Crippen LogP contribution in [-0.2, 0) is 4.79 Å². The summed E-state index contributed by atoms with van der Waals surface area (Å²) in [5.41, 5.74) is 6.25.